The summed E-state index contributed by atoms with van der Waals surface area (Å²) in [6.45, 7) is 5.50. The third-order valence-corrected chi connectivity index (χ3v) is 5.25. The monoisotopic (exact) mass is 407 g/mol. The maximum Gasteiger partial charge on any atom is 0.225 e. The quantitative estimate of drug-likeness (QED) is 0.796. The number of hydrogen-bond acceptors (Lipinski definition) is 5. The molecule has 144 valence electrons. The maximum absolute atomic E-state index is 12.5. The molecule has 0 bridgehead atoms. The number of piperazine rings is 1. The molecule has 2 aromatic rings. The minimum absolute atomic E-state index is 0.0506. The first-order valence-corrected chi connectivity index (χ1v) is 9.78. The lowest BCUT2D eigenvalue weighted by molar-refractivity contribution is -0.131. The molecule has 1 aliphatic rings. The third-order valence-electron chi connectivity index (χ3n) is 4.69. The Bertz CT molecular complexity index is 766. The predicted molar refractivity (Wildman–Crippen MR) is 108 cm³/mol. The van der Waals surface area contributed by atoms with Gasteiger partial charge < -0.3 is 15.1 Å². The van der Waals surface area contributed by atoms with Crippen LogP contribution < -0.4 is 10.2 Å². The maximum atomic E-state index is 12.5. The smallest absolute Gasteiger partial charge is 0.225 e. The standard InChI is InChI=1S/C19H23Cl2N5O/c1-14(16-4-3-15(20)13-17(16)21)22-8-5-18(27)25-9-11-26(12-10-25)19-23-6-2-7-24-19/h2-4,6-7,13-14,22H,5,8-12H2,1H3/t14-/m1/s1. The predicted octanol–water partition coefficient (Wildman–Crippen LogP) is 3.17. The van der Waals surface area contributed by atoms with E-state index in [0.717, 1.165) is 24.6 Å². The lowest BCUT2D eigenvalue weighted by Crippen LogP contribution is -2.49. The summed E-state index contributed by atoms with van der Waals surface area (Å²) in [5, 5.41) is 4.61. The van der Waals surface area contributed by atoms with Crippen LogP contribution in [0.3, 0.4) is 0 Å². The third kappa shape index (κ3) is 5.31. The average molecular weight is 408 g/mol. The summed E-state index contributed by atoms with van der Waals surface area (Å²) in [6, 6.07) is 7.32. The average Bonchev–Trinajstić information content (AvgIpc) is 2.68. The molecule has 1 N–H and O–H groups in total. The Morgan fingerprint density at radius 2 is 1.89 bits per heavy atom. The van der Waals surface area contributed by atoms with E-state index in [1.807, 2.05) is 24.0 Å². The van der Waals surface area contributed by atoms with E-state index in [4.69, 9.17) is 23.2 Å². The van der Waals surface area contributed by atoms with E-state index in [2.05, 4.69) is 20.2 Å². The number of rotatable bonds is 6. The highest BCUT2D eigenvalue weighted by Gasteiger charge is 2.22. The summed E-state index contributed by atoms with van der Waals surface area (Å²) in [5.74, 6) is 0.880. The molecule has 1 atom stereocenters. The van der Waals surface area contributed by atoms with Crippen molar-refractivity contribution in [3.8, 4) is 0 Å². The molecule has 0 saturated carbocycles. The molecule has 1 saturated heterocycles. The van der Waals surface area contributed by atoms with Crippen molar-refractivity contribution >= 4 is 35.1 Å². The molecular weight excluding hydrogens is 385 g/mol. The number of carbonyl (C=O) groups is 1. The summed E-state index contributed by atoms with van der Waals surface area (Å²) in [6.07, 6.45) is 3.93. The Hall–Kier alpha value is -1.89. The molecule has 8 heteroatoms. The van der Waals surface area contributed by atoms with Crippen LogP contribution >= 0.6 is 23.2 Å². The Kier molecular flexibility index (Phi) is 6.88. The highest BCUT2D eigenvalue weighted by Crippen LogP contribution is 2.26. The van der Waals surface area contributed by atoms with Gasteiger partial charge in [-0.1, -0.05) is 29.3 Å². The van der Waals surface area contributed by atoms with Crippen LogP contribution in [0, 0.1) is 0 Å². The second-order valence-electron chi connectivity index (χ2n) is 6.51. The Balaban J connectivity index is 1.42. The van der Waals surface area contributed by atoms with Gasteiger partial charge in [0.15, 0.2) is 0 Å². The Labute approximate surface area is 169 Å². The lowest BCUT2D eigenvalue weighted by atomic mass is 10.1. The van der Waals surface area contributed by atoms with Gasteiger partial charge in [0.2, 0.25) is 11.9 Å². The fraction of sp³-hybridized carbons (Fsp3) is 0.421. The molecule has 0 radical (unpaired) electrons. The van der Waals surface area contributed by atoms with Crippen LogP contribution in [0.4, 0.5) is 5.95 Å². The van der Waals surface area contributed by atoms with Gasteiger partial charge in [-0.3, -0.25) is 4.79 Å². The number of aromatic nitrogens is 2. The number of amides is 1. The van der Waals surface area contributed by atoms with Gasteiger partial charge in [0.25, 0.3) is 0 Å². The minimum atomic E-state index is 0.0506. The lowest BCUT2D eigenvalue weighted by Gasteiger charge is -2.34. The Morgan fingerprint density at radius 1 is 1.19 bits per heavy atom. The molecule has 0 aliphatic carbocycles. The van der Waals surface area contributed by atoms with E-state index in [-0.39, 0.29) is 11.9 Å². The van der Waals surface area contributed by atoms with E-state index in [1.165, 1.54) is 0 Å². The van der Waals surface area contributed by atoms with Gasteiger partial charge in [0, 0.05) is 67.6 Å². The van der Waals surface area contributed by atoms with E-state index < -0.39 is 0 Å². The van der Waals surface area contributed by atoms with Crippen molar-refractivity contribution in [1.29, 1.82) is 0 Å². The van der Waals surface area contributed by atoms with Crippen LogP contribution in [0.5, 0.6) is 0 Å². The fourth-order valence-electron chi connectivity index (χ4n) is 3.13. The first-order chi connectivity index (χ1) is 13.0. The molecule has 2 heterocycles. The highest BCUT2D eigenvalue weighted by atomic mass is 35.5. The number of anilines is 1. The van der Waals surface area contributed by atoms with Crippen molar-refractivity contribution in [2.45, 2.75) is 19.4 Å². The van der Waals surface area contributed by atoms with Crippen LogP contribution in [0.2, 0.25) is 10.0 Å². The molecule has 0 unspecified atom stereocenters. The second kappa shape index (κ2) is 9.35. The van der Waals surface area contributed by atoms with E-state index >= 15 is 0 Å². The highest BCUT2D eigenvalue weighted by molar-refractivity contribution is 6.35. The van der Waals surface area contributed by atoms with Crippen molar-refractivity contribution in [2.75, 3.05) is 37.6 Å². The topological polar surface area (TPSA) is 61.4 Å². The van der Waals surface area contributed by atoms with Crippen LogP contribution in [-0.4, -0.2) is 53.5 Å². The van der Waals surface area contributed by atoms with Crippen LogP contribution in [-0.2, 0) is 4.79 Å². The van der Waals surface area contributed by atoms with Gasteiger partial charge in [-0.2, -0.15) is 0 Å². The normalized spacial score (nSPS) is 15.7. The molecule has 6 nitrogen and oxygen atoms in total. The van der Waals surface area contributed by atoms with E-state index in [1.54, 1.807) is 24.5 Å². The summed E-state index contributed by atoms with van der Waals surface area (Å²) >= 11 is 12.2. The molecule has 1 aromatic carbocycles. The summed E-state index contributed by atoms with van der Waals surface area (Å²) in [7, 11) is 0. The minimum Gasteiger partial charge on any atom is -0.339 e. The molecule has 0 spiro atoms. The number of nitrogens with one attached hydrogen (secondary N) is 1. The largest absolute Gasteiger partial charge is 0.339 e. The number of hydrogen-bond donors (Lipinski definition) is 1. The van der Waals surface area contributed by atoms with E-state index in [0.29, 0.717) is 36.1 Å². The number of carbonyl (C=O) groups excluding carboxylic acids is 1. The van der Waals surface area contributed by atoms with Gasteiger partial charge >= 0.3 is 0 Å². The molecule has 1 aliphatic heterocycles. The molecule has 1 amide bonds. The number of benzene rings is 1. The van der Waals surface area contributed by atoms with Crippen molar-refractivity contribution in [3.63, 3.8) is 0 Å². The zero-order valence-corrected chi connectivity index (χ0v) is 16.7. The van der Waals surface area contributed by atoms with Crippen molar-refractivity contribution in [2.24, 2.45) is 0 Å². The van der Waals surface area contributed by atoms with Crippen molar-refractivity contribution in [1.82, 2.24) is 20.2 Å². The number of nitrogens with zero attached hydrogens (tertiary/aromatic N) is 4. The summed E-state index contributed by atoms with van der Waals surface area (Å²) < 4.78 is 0. The van der Waals surface area contributed by atoms with Gasteiger partial charge in [-0.25, -0.2) is 9.97 Å². The Morgan fingerprint density at radius 3 is 2.56 bits per heavy atom. The molecule has 3 rings (SSSR count). The van der Waals surface area contributed by atoms with E-state index in [9.17, 15) is 4.79 Å². The van der Waals surface area contributed by atoms with Gasteiger partial charge in [-0.15, -0.1) is 0 Å². The summed E-state index contributed by atoms with van der Waals surface area (Å²) in [5.41, 5.74) is 0.977. The van der Waals surface area contributed by atoms with Crippen LogP contribution in [0.15, 0.2) is 36.7 Å². The van der Waals surface area contributed by atoms with Gasteiger partial charge in [0.05, 0.1) is 0 Å². The van der Waals surface area contributed by atoms with Crippen LogP contribution in [0.25, 0.3) is 0 Å². The molecule has 1 fully saturated rings. The van der Waals surface area contributed by atoms with Gasteiger partial charge in [0.1, 0.15) is 0 Å². The fourth-order valence-corrected chi connectivity index (χ4v) is 3.70. The molecule has 1 aromatic heterocycles. The zero-order chi connectivity index (χ0) is 19.2. The first-order valence-electron chi connectivity index (χ1n) is 9.02. The van der Waals surface area contributed by atoms with Gasteiger partial charge in [-0.05, 0) is 30.7 Å². The van der Waals surface area contributed by atoms with Crippen molar-refractivity contribution in [3.05, 3.63) is 52.3 Å². The zero-order valence-electron chi connectivity index (χ0n) is 15.2. The summed E-state index contributed by atoms with van der Waals surface area (Å²) in [4.78, 5) is 25.0. The number of halogens is 2. The van der Waals surface area contributed by atoms with Crippen LogP contribution in [0.1, 0.15) is 24.9 Å². The first kappa shape index (κ1) is 19.9. The van der Waals surface area contributed by atoms with Crippen molar-refractivity contribution < 1.29 is 4.79 Å². The SMILES string of the molecule is C[C@@H](NCCC(=O)N1CCN(c2ncccn2)CC1)c1ccc(Cl)cc1Cl. The molecule has 27 heavy (non-hydrogen) atoms. The second-order valence-corrected chi connectivity index (χ2v) is 7.35. The molecular formula is C19H23Cl2N5O.